The molecule has 142 valence electrons. The van der Waals surface area contributed by atoms with E-state index in [1.807, 2.05) is 60.7 Å². The van der Waals surface area contributed by atoms with Gasteiger partial charge < -0.3 is 10.4 Å². The standard InChI is InChI=1S/C22H21N3O3/c26-19-12-11-18(13-19)24-15-20(23-17-9-5-2-6-10-17)21(27)25(22(24)28)14-16-7-3-1-4-8-16/h1-12,15,18-19,23,26H,13-14H2. The summed E-state index contributed by atoms with van der Waals surface area (Å²) in [5.74, 6) is 0. The van der Waals surface area contributed by atoms with Gasteiger partial charge in [-0.25, -0.2) is 4.79 Å². The molecule has 6 heteroatoms. The summed E-state index contributed by atoms with van der Waals surface area (Å²) in [6.07, 6.45) is 4.85. The average Bonchev–Trinajstić information content (AvgIpc) is 3.15. The summed E-state index contributed by atoms with van der Waals surface area (Å²) in [5, 5.41) is 13.0. The molecule has 28 heavy (non-hydrogen) atoms. The van der Waals surface area contributed by atoms with Crippen LogP contribution in [0.3, 0.4) is 0 Å². The number of hydrogen-bond acceptors (Lipinski definition) is 4. The molecular formula is C22H21N3O3. The molecule has 1 heterocycles. The monoisotopic (exact) mass is 375 g/mol. The smallest absolute Gasteiger partial charge is 0.331 e. The fraction of sp³-hybridized carbons (Fsp3) is 0.182. The minimum atomic E-state index is -0.586. The van der Waals surface area contributed by atoms with E-state index in [4.69, 9.17) is 0 Å². The predicted octanol–water partition coefficient (Wildman–Crippen LogP) is 2.66. The normalized spacial score (nSPS) is 18.3. The molecule has 0 fully saturated rings. The Hall–Kier alpha value is -3.38. The third-order valence-electron chi connectivity index (χ3n) is 4.83. The third kappa shape index (κ3) is 3.68. The molecule has 4 rings (SSSR count). The Morgan fingerprint density at radius 3 is 2.29 bits per heavy atom. The van der Waals surface area contributed by atoms with Crippen molar-refractivity contribution in [1.82, 2.24) is 9.13 Å². The van der Waals surface area contributed by atoms with Gasteiger partial charge in [-0.05, 0) is 17.7 Å². The van der Waals surface area contributed by atoms with E-state index in [0.717, 1.165) is 11.3 Å². The summed E-state index contributed by atoms with van der Waals surface area (Å²) < 4.78 is 2.75. The summed E-state index contributed by atoms with van der Waals surface area (Å²) in [6, 6.07) is 18.5. The molecule has 2 unspecified atom stereocenters. The fourth-order valence-electron chi connectivity index (χ4n) is 3.39. The molecule has 0 bridgehead atoms. The van der Waals surface area contributed by atoms with Crippen LogP contribution < -0.4 is 16.6 Å². The van der Waals surface area contributed by atoms with E-state index in [0.29, 0.717) is 12.1 Å². The topological polar surface area (TPSA) is 76.3 Å². The first-order valence-corrected chi connectivity index (χ1v) is 9.20. The van der Waals surface area contributed by atoms with Crippen molar-refractivity contribution >= 4 is 11.4 Å². The van der Waals surface area contributed by atoms with E-state index in [1.54, 1.807) is 18.3 Å². The summed E-state index contributed by atoms with van der Waals surface area (Å²) in [4.78, 5) is 26.1. The molecule has 0 radical (unpaired) electrons. The van der Waals surface area contributed by atoms with Gasteiger partial charge in [-0.2, -0.15) is 0 Å². The van der Waals surface area contributed by atoms with Gasteiger partial charge in [-0.1, -0.05) is 60.7 Å². The van der Waals surface area contributed by atoms with E-state index in [-0.39, 0.29) is 18.1 Å². The summed E-state index contributed by atoms with van der Waals surface area (Å²) in [7, 11) is 0. The van der Waals surface area contributed by atoms with Crippen molar-refractivity contribution in [1.29, 1.82) is 0 Å². The first-order valence-electron chi connectivity index (χ1n) is 9.20. The first kappa shape index (κ1) is 18.0. The maximum absolute atomic E-state index is 13.1. The van der Waals surface area contributed by atoms with E-state index in [9.17, 15) is 14.7 Å². The van der Waals surface area contributed by atoms with Crippen molar-refractivity contribution in [3.8, 4) is 0 Å². The predicted molar refractivity (Wildman–Crippen MR) is 109 cm³/mol. The number of benzene rings is 2. The van der Waals surface area contributed by atoms with Gasteiger partial charge in [0, 0.05) is 18.3 Å². The SMILES string of the molecule is O=c1c(Nc2ccccc2)cn(C2C=CC(O)C2)c(=O)n1Cc1ccccc1. The third-order valence-corrected chi connectivity index (χ3v) is 4.83. The number of aromatic nitrogens is 2. The van der Waals surface area contributed by atoms with Crippen LogP contribution in [0.2, 0.25) is 0 Å². The number of nitrogens with one attached hydrogen (secondary N) is 1. The maximum atomic E-state index is 13.1. The van der Waals surface area contributed by atoms with Crippen molar-refractivity contribution in [2.45, 2.75) is 25.1 Å². The van der Waals surface area contributed by atoms with Gasteiger partial charge in [-0.15, -0.1) is 0 Å². The first-order chi connectivity index (χ1) is 13.6. The number of anilines is 2. The van der Waals surface area contributed by atoms with E-state index >= 15 is 0 Å². The maximum Gasteiger partial charge on any atom is 0.331 e. The van der Waals surface area contributed by atoms with Crippen LogP contribution in [0.25, 0.3) is 0 Å². The molecule has 1 aliphatic carbocycles. The largest absolute Gasteiger partial charge is 0.389 e. The number of allylic oxidation sites excluding steroid dienone is 1. The van der Waals surface area contributed by atoms with Gasteiger partial charge in [0.15, 0.2) is 0 Å². The van der Waals surface area contributed by atoms with Crippen LogP contribution in [0.15, 0.2) is 88.6 Å². The molecule has 0 amide bonds. The Morgan fingerprint density at radius 1 is 0.964 bits per heavy atom. The van der Waals surface area contributed by atoms with Crippen LogP contribution in [0.1, 0.15) is 18.0 Å². The number of nitrogens with zero attached hydrogens (tertiary/aromatic N) is 2. The number of para-hydroxylation sites is 1. The highest BCUT2D eigenvalue weighted by Crippen LogP contribution is 2.22. The molecule has 3 aromatic rings. The quantitative estimate of drug-likeness (QED) is 0.672. The van der Waals surface area contributed by atoms with Crippen LogP contribution in [0.4, 0.5) is 11.4 Å². The molecular weight excluding hydrogens is 354 g/mol. The minimum Gasteiger partial charge on any atom is -0.389 e. The van der Waals surface area contributed by atoms with Gasteiger partial charge in [0.25, 0.3) is 5.56 Å². The molecule has 2 N–H and O–H groups in total. The van der Waals surface area contributed by atoms with E-state index in [1.165, 1.54) is 9.13 Å². The van der Waals surface area contributed by atoms with Crippen LogP contribution in [0.5, 0.6) is 0 Å². The molecule has 0 saturated heterocycles. The number of rotatable bonds is 5. The molecule has 0 saturated carbocycles. The summed E-state index contributed by atoms with van der Waals surface area (Å²) >= 11 is 0. The lowest BCUT2D eigenvalue weighted by atomic mass is 10.2. The molecule has 6 nitrogen and oxygen atoms in total. The van der Waals surface area contributed by atoms with Crippen LogP contribution in [-0.2, 0) is 6.54 Å². The average molecular weight is 375 g/mol. The van der Waals surface area contributed by atoms with E-state index in [2.05, 4.69) is 5.32 Å². The number of aliphatic hydroxyl groups excluding tert-OH is 1. The summed E-state index contributed by atoms with van der Waals surface area (Å²) in [5.41, 5.74) is 1.18. The van der Waals surface area contributed by atoms with Gasteiger partial charge in [0.05, 0.1) is 18.7 Å². The second-order valence-electron chi connectivity index (χ2n) is 6.86. The molecule has 2 atom stereocenters. The van der Waals surface area contributed by atoms with E-state index < -0.39 is 11.8 Å². The number of aliphatic hydroxyl groups is 1. The van der Waals surface area contributed by atoms with Crippen LogP contribution >= 0.6 is 0 Å². The minimum absolute atomic E-state index is 0.182. The lowest BCUT2D eigenvalue weighted by molar-refractivity contribution is 0.209. The molecule has 1 aromatic heterocycles. The van der Waals surface area contributed by atoms with Crippen molar-refractivity contribution < 1.29 is 5.11 Å². The van der Waals surface area contributed by atoms with Gasteiger partial charge in [0.2, 0.25) is 0 Å². The second-order valence-corrected chi connectivity index (χ2v) is 6.86. The Morgan fingerprint density at radius 2 is 1.64 bits per heavy atom. The highest BCUT2D eigenvalue weighted by molar-refractivity contribution is 5.57. The summed E-state index contributed by atoms with van der Waals surface area (Å²) in [6.45, 7) is 0.182. The molecule has 0 aliphatic heterocycles. The Balaban J connectivity index is 1.81. The fourth-order valence-corrected chi connectivity index (χ4v) is 3.39. The zero-order valence-corrected chi connectivity index (χ0v) is 15.2. The van der Waals surface area contributed by atoms with Crippen molar-refractivity contribution in [2.75, 3.05) is 5.32 Å². The zero-order valence-electron chi connectivity index (χ0n) is 15.2. The Bertz CT molecular complexity index is 1100. The van der Waals surface area contributed by atoms with Crippen molar-refractivity contribution in [3.05, 3.63) is 105 Å². The van der Waals surface area contributed by atoms with Gasteiger partial charge >= 0.3 is 5.69 Å². The lowest BCUT2D eigenvalue weighted by Gasteiger charge is -2.18. The molecule has 0 spiro atoms. The highest BCUT2D eigenvalue weighted by atomic mass is 16.3. The highest BCUT2D eigenvalue weighted by Gasteiger charge is 2.22. The van der Waals surface area contributed by atoms with Gasteiger partial charge in [-0.3, -0.25) is 13.9 Å². The van der Waals surface area contributed by atoms with Crippen LogP contribution in [0, 0.1) is 0 Å². The molecule has 2 aromatic carbocycles. The zero-order chi connectivity index (χ0) is 19.5. The van der Waals surface area contributed by atoms with Crippen molar-refractivity contribution in [2.24, 2.45) is 0 Å². The Labute approximate surface area is 162 Å². The van der Waals surface area contributed by atoms with Crippen molar-refractivity contribution in [3.63, 3.8) is 0 Å². The Kier molecular flexibility index (Phi) is 4.95. The van der Waals surface area contributed by atoms with Crippen LogP contribution in [-0.4, -0.2) is 20.3 Å². The second kappa shape index (κ2) is 7.70. The molecule has 1 aliphatic rings. The van der Waals surface area contributed by atoms with Gasteiger partial charge in [0.1, 0.15) is 5.69 Å². The number of hydrogen-bond donors (Lipinski definition) is 2. The lowest BCUT2D eigenvalue weighted by Crippen LogP contribution is -2.41.